The number of hydrazine groups is 1. The molecule has 0 saturated carbocycles. The van der Waals surface area contributed by atoms with Crippen LogP contribution in [0.2, 0.25) is 0 Å². The number of para-hydroxylation sites is 1. The number of carbonyl (C=O) groups excluding carboxylic acids is 3. The Morgan fingerprint density at radius 2 is 1.84 bits per heavy atom. The van der Waals surface area contributed by atoms with Crippen molar-refractivity contribution in [1.29, 1.82) is 0 Å². The fraction of sp³-hybridized carbons (Fsp3) is 0.348. The van der Waals surface area contributed by atoms with E-state index in [1.807, 2.05) is 12.3 Å². The van der Waals surface area contributed by atoms with E-state index in [1.165, 1.54) is 11.1 Å². The van der Waals surface area contributed by atoms with Crippen LogP contribution in [0.15, 0.2) is 48.5 Å². The Hall–Kier alpha value is -3.04. The number of hydrogen-bond acceptors (Lipinski definition) is 7. The number of aromatic hydroxyl groups is 1. The largest absolute Gasteiger partial charge is 0.508 e. The SMILES string of the molecule is CCOC(=O)CNN(C(=O)[C@H](CCSC)NC(=O)c1cccc(O)c1C)c1ccccc1. The van der Waals surface area contributed by atoms with Crippen molar-refractivity contribution < 1.29 is 24.2 Å². The molecule has 2 aromatic rings. The highest BCUT2D eigenvalue weighted by Crippen LogP contribution is 2.20. The van der Waals surface area contributed by atoms with Gasteiger partial charge in [-0.15, -0.1) is 0 Å². The first-order valence-corrected chi connectivity index (χ1v) is 11.6. The first-order chi connectivity index (χ1) is 15.4. The van der Waals surface area contributed by atoms with Crippen LogP contribution in [0.5, 0.6) is 5.75 Å². The van der Waals surface area contributed by atoms with Crippen molar-refractivity contribution in [2.24, 2.45) is 0 Å². The van der Waals surface area contributed by atoms with E-state index in [1.54, 1.807) is 62.0 Å². The van der Waals surface area contributed by atoms with E-state index < -0.39 is 23.8 Å². The second-order valence-corrected chi connectivity index (χ2v) is 7.89. The number of esters is 1. The van der Waals surface area contributed by atoms with Crippen LogP contribution in [0, 0.1) is 6.92 Å². The summed E-state index contributed by atoms with van der Waals surface area (Å²) in [6, 6.07) is 12.6. The zero-order chi connectivity index (χ0) is 23.5. The number of nitrogens with one attached hydrogen (secondary N) is 2. The molecule has 8 nitrogen and oxygen atoms in total. The van der Waals surface area contributed by atoms with Crippen molar-refractivity contribution in [2.75, 3.05) is 30.2 Å². The summed E-state index contributed by atoms with van der Waals surface area (Å²) in [6.07, 6.45) is 2.30. The molecular weight excluding hydrogens is 430 g/mol. The van der Waals surface area contributed by atoms with Crippen LogP contribution in [0.1, 0.15) is 29.3 Å². The normalized spacial score (nSPS) is 11.5. The van der Waals surface area contributed by atoms with Gasteiger partial charge in [-0.25, -0.2) is 10.4 Å². The van der Waals surface area contributed by atoms with Crippen molar-refractivity contribution in [3.63, 3.8) is 0 Å². The van der Waals surface area contributed by atoms with Crippen molar-refractivity contribution >= 4 is 35.2 Å². The van der Waals surface area contributed by atoms with Gasteiger partial charge in [-0.05, 0) is 56.5 Å². The smallest absolute Gasteiger partial charge is 0.321 e. The Bertz CT molecular complexity index is 923. The molecular formula is C23H29N3O5S. The van der Waals surface area contributed by atoms with Crippen LogP contribution in [0.3, 0.4) is 0 Å². The first kappa shape index (κ1) is 25.2. The van der Waals surface area contributed by atoms with Crippen molar-refractivity contribution in [3.05, 3.63) is 59.7 Å². The molecule has 0 fully saturated rings. The van der Waals surface area contributed by atoms with Crippen LogP contribution < -0.4 is 15.8 Å². The molecule has 0 unspecified atom stereocenters. The minimum absolute atomic E-state index is 0.00616. The fourth-order valence-electron chi connectivity index (χ4n) is 2.98. The number of anilines is 1. The quantitative estimate of drug-likeness (QED) is 0.350. The average Bonchev–Trinajstić information content (AvgIpc) is 2.79. The lowest BCUT2D eigenvalue weighted by molar-refractivity contribution is -0.142. The van der Waals surface area contributed by atoms with Gasteiger partial charge < -0.3 is 15.2 Å². The molecule has 0 saturated heterocycles. The van der Waals surface area contributed by atoms with Gasteiger partial charge in [0.15, 0.2) is 0 Å². The molecule has 0 heterocycles. The van der Waals surface area contributed by atoms with Crippen LogP contribution in [-0.4, -0.2) is 54.1 Å². The fourth-order valence-corrected chi connectivity index (χ4v) is 3.45. The Morgan fingerprint density at radius 3 is 2.50 bits per heavy atom. The number of amides is 2. The van der Waals surface area contributed by atoms with E-state index in [9.17, 15) is 19.5 Å². The third-order valence-electron chi connectivity index (χ3n) is 4.69. The van der Waals surface area contributed by atoms with Crippen LogP contribution in [0.25, 0.3) is 0 Å². The summed E-state index contributed by atoms with van der Waals surface area (Å²) < 4.78 is 4.94. The second-order valence-electron chi connectivity index (χ2n) is 6.91. The molecule has 0 aromatic heterocycles. The number of benzene rings is 2. The molecule has 2 amide bonds. The molecule has 0 radical (unpaired) electrons. The van der Waals surface area contributed by atoms with E-state index in [0.29, 0.717) is 23.4 Å². The summed E-state index contributed by atoms with van der Waals surface area (Å²) in [5, 5.41) is 14.0. The summed E-state index contributed by atoms with van der Waals surface area (Å²) in [7, 11) is 0. The predicted molar refractivity (Wildman–Crippen MR) is 126 cm³/mol. The topological polar surface area (TPSA) is 108 Å². The molecule has 172 valence electrons. The molecule has 2 aromatic carbocycles. The number of phenolic OH excluding ortho intramolecular Hbond substituents is 1. The van der Waals surface area contributed by atoms with Gasteiger partial charge in [0.2, 0.25) is 0 Å². The Balaban J connectivity index is 2.28. The van der Waals surface area contributed by atoms with E-state index in [-0.39, 0.29) is 24.5 Å². The number of hydrogen-bond donors (Lipinski definition) is 3. The highest BCUT2D eigenvalue weighted by atomic mass is 32.2. The minimum atomic E-state index is -0.855. The van der Waals surface area contributed by atoms with Crippen LogP contribution in [-0.2, 0) is 14.3 Å². The Labute approximate surface area is 192 Å². The van der Waals surface area contributed by atoms with Gasteiger partial charge in [0.1, 0.15) is 18.3 Å². The predicted octanol–water partition coefficient (Wildman–Crippen LogP) is 2.65. The molecule has 2 rings (SSSR count). The summed E-state index contributed by atoms with van der Waals surface area (Å²) in [5.41, 5.74) is 4.07. The second kappa shape index (κ2) is 12.7. The summed E-state index contributed by atoms with van der Waals surface area (Å²) in [4.78, 5) is 38.2. The van der Waals surface area contributed by atoms with Crippen molar-refractivity contribution in [1.82, 2.24) is 10.7 Å². The van der Waals surface area contributed by atoms with Gasteiger partial charge in [-0.1, -0.05) is 24.3 Å². The van der Waals surface area contributed by atoms with E-state index in [0.717, 1.165) is 0 Å². The number of rotatable bonds is 11. The Morgan fingerprint density at radius 1 is 1.12 bits per heavy atom. The molecule has 0 aliphatic rings. The van der Waals surface area contributed by atoms with Crippen molar-refractivity contribution in [3.8, 4) is 5.75 Å². The van der Waals surface area contributed by atoms with Crippen LogP contribution in [0.4, 0.5) is 5.69 Å². The van der Waals surface area contributed by atoms with E-state index >= 15 is 0 Å². The molecule has 1 atom stereocenters. The zero-order valence-corrected chi connectivity index (χ0v) is 19.3. The van der Waals surface area contributed by atoms with E-state index in [2.05, 4.69) is 10.7 Å². The summed E-state index contributed by atoms with van der Waals surface area (Å²) >= 11 is 1.55. The van der Waals surface area contributed by atoms with Gasteiger partial charge in [0, 0.05) is 11.1 Å². The highest BCUT2D eigenvalue weighted by molar-refractivity contribution is 7.98. The molecule has 9 heteroatoms. The van der Waals surface area contributed by atoms with Gasteiger partial charge in [-0.2, -0.15) is 11.8 Å². The molecule has 0 spiro atoms. The maximum Gasteiger partial charge on any atom is 0.321 e. The van der Waals surface area contributed by atoms with E-state index in [4.69, 9.17) is 4.74 Å². The number of carbonyl (C=O) groups is 3. The Kier molecular flexibility index (Phi) is 10.0. The maximum absolute atomic E-state index is 13.5. The standard InChI is InChI=1S/C23H29N3O5S/c1-4-31-21(28)15-24-26(17-9-6-5-7-10-17)23(30)19(13-14-32-3)25-22(29)18-11-8-12-20(27)16(18)2/h5-12,19,24,27H,4,13-15H2,1-3H3,(H,25,29)/t19-/m0/s1. The third kappa shape index (κ3) is 7.00. The highest BCUT2D eigenvalue weighted by Gasteiger charge is 2.28. The number of phenols is 1. The van der Waals surface area contributed by atoms with Gasteiger partial charge in [0.25, 0.3) is 11.8 Å². The number of ether oxygens (including phenoxy) is 1. The monoisotopic (exact) mass is 459 g/mol. The minimum Gasteiger partial charge on any atom is -0.508 e. The van der Waals surface area contributed by atoms with Gasteiger partial charge >= 0.3 is 5.97 Å². The van der Waals surface area contributed by atoms with Gasteiger partial charge in [-0.3, -0.25) is 14.4 Å². The lowest BCUT2D eigenvalue weighted by atomic mass is 10.1. The van der Waals surface area contributed by atoms with Crippen LogP contribution >= 0.6 is 11.8 Å². The summed E-state index contributed by atoms with van der Waals surface area (Å²) in [5.74, 6) is -0.735. The first-order valence-electron chi connectivity index (χ1n) is 10.3. The van der Waals surface area contributed by atoms with Crippen molar-refractivity contribution in [2.45, 2.75) is 26.3 Å². The number of thioether (sulfide) groups is 1. The maximum atomic E-state index is 13.5. The molecule has 32 heavy (non-hydrogen) atoms. The molecule has 0 bridgehead atoms. The molecule has 0 aliphatic heterocycles. The number of nitrogens with zero attached hydrogens (tertiary/aromatic N) is 1. The molecule has 0 aliphatic carbocycles. The molecule has 3 N–H and O–H groups in total. The lowest BCUT2D eigenvalue weighted by Crippen LogP contribution is -2.55. The van der Waals surface area contributed by atoms with Gasteiger partial charge in [0.05, 0.1) is 12.3 Å². The lowest BCUT2D eigenvalue weighted by Gasteiger charge is -2.28. The average molecular weight is 460 g/mol. The zero-order valence-electron chi connectivity index (χ0n) is 18.5. The third-order valence-corrected chi connectivity index (χ3v) is 5.33. The summed E-state index contributed by atoms with van der Waals surface area (Å²) in [6.45, 7) is 3.37.